The molecule has 0 atom stereocenters. The molecule has 80 valence electrons. The Balaban J connectivity index is 3.16. The molecule has 0 aliphatic rings. The fourth-order valence-electron chi connectivity index (χ4n) is 1.14. The van der Waals surface area contributed by atoms with Crippen molar-refractivity contribution in [1.82, 2.24) is 0 Å². The average Bonchev–Trinajstić information content (AvgIpc) is 2.19. The predicted octanol–water partition coefficient (Wildman–Crippen LogP) is 2.75. The third-order valence-corrected chi connectivity index (χ3v) is 2.32. The highest BCUT2D eigenvalue weighted by Crippen LogP contribution is 2.27. The topological polar surface area (TPSA) is 46.5 Å². The molecule has 0 heterocycles. The number of carbonyl (C=O) groups is 1. The summed E-state index contributed by atoms with van der Waals surface area (Å²) in [7, 11) is 1.53. The normalized spacial score (nSPS) is 10.6. The van der Waals surface area contributed by atoms with Crippen molar-refractivity contribution in [2.75, 3.05) is 7.11 Å². The minimum atomic E-state index is -1.01. The van der Waals surface area contributed by atoms with Crippen LogP contribution in [0.5, 0.6) is 5.75 Å². The van der Waals surface area contributed by atoms with Crippen molar-refractivity contribution < 1.29 is 14.6 Å². The van der Waals surface area contributed by atoms with Crippen LogP contribution in [0.1, 0.15) is 11.1 Å². The van der Waals surface area contributed by atoms with Crippen molar-refractivity contribution in [1.29, 1.82) is 0 Å². The molecule has 0 amide bonds. The number of halogens is 1. The second-order valence-electron chi connectivity index (χ2n) is 3.01. The number of ether oxygens (including phenoxy) is 1. The van der Waals surface area contributed by atoms with Gasteiger partial charge in [0.15, 0.2) is 0 Å². The Morgan fingerprint density at radius 2 is 2.20 bits per heavy atom. The maximum absolute atomic E-state index is 10.4. The number of aryl methyl sites for hydroxylation is 1. The van der Waals surface area contributed by atoms with Gasteiger partial charge >= 0.3 is 5.97 Å². The zero-order valence-electron chi connectivity index (χ0n) is 8.45. The lowest BCUT2D eigenvalue weighted by molar-refractivity contribution is -0.131. The molecule has 1 rings (SSSR count). The summed E-state index contributed by atoms with van der Waals surface area (Å²) in [5.41, 5.74) is 1.54. The number of carboxylic acid groups (broad SMARTS) is 1. The van der Waals surface area contributed by atoms with E-state index < -0.39 is 5.97 Å². The molecule has 0 aliphatic heterocycles. The first-order valence-corrected chi connectivity index (χ1v) is 4.67. The molecule has 4 heteroatoms. The Kier molecular flexibility index (Phi) is 3.74. The first kappa shape index (κ1) is 11.6. The number of benzene rings is 1. The molecule has 0 spiro atoms. The lowest BCUT2D eigenvalue weighted by atomic mass is 10.1. The van der Waals surface area contributed by atoms with Gasteiger partial charge in [0, 0.05) is 16.7 Å². The van der Waals surface area contributed by atoms with Crippen molar-refractivity contribution in [2.24, 2.45) is 0 Å². The Labute approximate surface area is 92.9 Å². The Hall–Kier alpha value is -1.48. The van der Waals surface area contributed by atoms with Crippen molar-refractivity contribution >= 4 is 23.6 Å². The molecular weight excluding hydrogens is 216 g/mol. The first-order valence-electron chi connectivity index (χ1n) is 4.29. The Morgan fingerprint density at radius 3 is 2.73 bits per heavy atom. The van der Waals surface area contributed by atoms with Crippen LogP contribution in [0.3, 0.4) is 0 Å². The van der Waals surface area contributed by atoms with E-state index in [0.29, 0.717) is 16.3 Å². The predicted molar refractivity (Wildman–Crippen MR) is 59.4 cm³/mol. The van der Waals surface area contributed by atoms with Crippen molar-refractivity contribution in [2.45, 2.75) is 6.92 Å². The van der Waals surface area contributed by atoms with Crippen molar-refractivity contribution in [3.63, 3.8) is 0 Å². The van der Waals surface area contributed by atoms with E-state index in [1.165, 1.54) is 13.2 Å². The number of hydrogen-bond acceptors (Lipinski definition) is 2. The van der Waals surface area contributed by atoms with E-state index in [1.54, 1.807) is 12.1 Å². The lowest BCUT2D eigenvalue weighted by Crippen LogP contribution is -1.91. The molecule has 3 nitrogen and oxygen atoms in total. The number of carboxylic acids is 1. The van der Waals surface area contributed by atoms with E-state index in [1.807, 2.05) is 6.92 Å². The van der Waals surface area contributed by atoms with Crippen LogP contribution in [0.2, 0.25) is 5.02 Å². The number of hydrogen-bond donors (Lipinski definition) is 1. The first-order chi connectivity index (χ1) is 7.04. The van der Waals surface area contributed by atoms with Crippen LogP contribution in [-0.2, 0) is 4.79 Å². The summed E-state index contributed by atoms with van der Waals surface area (Å²) in [5, 5.41) is 9.09. The van der Waals surface area contributed by atoms with Gasteiger partial charge in [0.1, 0.15) is 5.75 Å². The largest absolute Gasteiger partial charge is 0.496 e. The second-order valence-corrected chi connectivity index (χ2v) is 3.42. The molecule has 0 fully saturated rings. The van der Waals surface area contributed by atoms with Gasteiger partial charge in [0.2, 0.25) is 0 Å². The van der Waals surface area contributed by atoms with E-state index >= 15 is 0 Å². The molecule has 0 aromatic heterocycles. The minimum Gasteiger partial charge on any atom is -0.496 e. The molecule has 0 saturated carbocycles. The third-order valence-electron chi connectivity index (χ3n) is 1.92. The Bertz CT molecular complexity index is 411. The van der Waals surface area contributed by atoms with Gasteiger partial charge in [-0.25, -0.2) is 4.79 Å². The quantitative estimate of drug-likeness (QED) is 0.807. The van der Waals surface area contributed by atoms with Gasteiger partial charge < -0.3 is 9.84 Å². The zero-order chi connectivity index (χ0) is 11.4. The average molecular weight is 227 g/mol. The van der Waals surface area contributed by atoms with Gasteiger partial charge in [-0.15, -0.1) is 0 Å². The molecule has 0 bridgehead atoms. The zero-order valence-corrected chi connectivity index (χ0v) is 9.21. The summed E-state index contributed by atoms with van der Waals surface area (Å²) in [4.78, 5) is 10.4. The van der Waals surface area contributed by atoms with Crippen LogP contribution >= 0.6 is 11.6 Å². The fraction of sp³-hybridized carbons (Fsp3) is 0.182. The van der Waals surface area contributed by atoms with Gasteiger partial charge in [-0.3, -0.25) is 0 Å². The van der Waals surface area contributed by atoms with Crippen LogP contribution < -0.4 is 4.74 Å². The van der Waals surface area contributed by atoms with E-state index in [-0.39, 0.29) is 0 Å². The van der Waals surface area contributed by atoms with E-state index in [4.69, 9.17) is 21.4 Å². The van der Waals surface area contributed by atoms with Crippen molar-refractivity contribution in [3.8, 4) is 5.75 Å². The van der Waals surface area contributed by atoms with Gasteiger partial charge in [-0.2, -0.15) is 0 Å². The van der Waals surface area contributed by atoms with Gasteiger partial charge in [-0.05, 0) is 30.7 Å². The van der Waals surface area contributed by atoms with E-state index in [0.717, 1.165) is 11.6 Å². The maximum Gasteiger partial charge on any atom is 0.328 e. The van der Waals surface area contributed by atoms with E-state index in [2.05, 4.69) is 0 Å². The standard InChI is InChI=1S/C11H11ClO3/c1-7-5-10(15-2)8(6-9(7)12)3-4-11(13)14/h3-6H,1-2H3,(H,13,14)/b4-3+. The SMILES string of the molecule is COc1cc(C)c(Cl)cc1/C=C/C(=O)O. The highest BCUT2D eigenvalue weighted by molar-refractivity contribution is 6.31. The molecule has 1 N–H and O–H groups in total. The summed E-state index contributed by atoms with van der Waals surface area (Å²) in [6, 6.07) is 3.44. The number of aliphatic carboxylic acids is 1. The summed E-state index contributed by atoms with van der Waals surface area (Å²) in [6.07, 6.45) is 2.50. The third kappa shape index (κ3) is 2.99. The second kappa shape index (κ2) is 4.84. The lowest BCUT2D eigenvalue weighted by Gasteiger charge is -2.07. The van der Waals surface area contributed by atoms with Crippen LogP contribution in [0.4, 0.5) is 0 Å². The number of rotatable bonds is 3. The smallest absolute Gasteiger partial charge is 0.328 e. The van der Waals surface area contributed by atoms with Crippen LogP contribution in [-0.4, -0.2) is 18.2 Å². The minimum absolute atomic E-state index is 0.584. The summed E-state index contributed by atoms with van der Waals surface area (Å²) in [6.45, 7) is 1.86. The number of methoxy groups -OCH3 is 1. The Morgan fingerprint density at radius 1 is 1.53 bits per heavy atom. The molecular formula is C11H11ClO3. The molecule has 1 aromatic carbocycles. The molecule has 0 unspecified atom stereocenters. The van der Waals surface area contributed by atoms with Gasteiger partial charge in [0.05, 0.1) is 7.11 Å². The van der Waals surface area contributed by atoms with Crippen molar-refractivity contribution in [3.05, 3.63) is 34.4 Å². The summed E-state index contributed by atoms with van der Waals surface area (Å²) in [5.74, 6) is -0.400. The van der Waals surface area contributed by atoms with Crippen LogP contribution in [0.15, 0.2) is 18.2 Å². The summed E-state index contributed by atoms with van der Waals surface area (Å²) >= 11 is 5.92. The molecule has 0 saturated heterocycles. The maximum atomic E-state index is 10.4. The molecule has 0 aliphatic carbocycles. The van der Waals surface area contributed by atoms with Gasteiger partial charge in [0.25, 0.3) is 0 Å². The van der Waals surface area contributed by atoms with Crippen LogP contribution in [0, 0.1) is 6.92 Å². The molecule has 15 heavy (non-hydrogen) atoms. The van der Waals surface area contributed by atoms with E-state index in [9.17, 15) is 4.79 Å². The molecule has 0 radical (unpaired) electrons. The highest BCUT2D eigenvalue weighted by atomic mass is 35.5. The van der Waals surface area contributed by atoms with Crippen LogP contribution in [0.25, 0.3) is 6.08 Å². The molecule has 1 aromatic rings. The monoisotopic (exact) mass is 226 g/mol. The fourth-order valence-corrected chi connectivity index (χ4v) is 1.31. The highest BCUT2D eigenvalue weighted by Gasteiger charge is 2.04. The van der Waals surface area contributed by atoms with Gasteiger partial charge in [-0.1, -0.05) is 11.6 Å². The summed E-state index contributed by atoms with van der Waals surface area (Å²) < 4.78 is 5.11.